The summed E-state index contributed by atoms with van der Waals surface area (Å²) in [5.41, 5.74) is 1.34. The number of amides is 1. The van der Waals surface area contributed by atoms with Gasteiger partial charge in [-0.1, -0.05) is 6.92 Å². The van der Waals surface area contributed by atoms with E-state index < -0.39 is 35.6 Å². The number of piperidine rings is 2. The van der Waals surface area contributed by atoms with Crippen molar-refractivity contribution in [2.75, 3.05) is 38.6 Å². The second-order valence-corrected chi connectivity index (χ2v) is 14.9. The second kappa shape index (κ2) is 13.4. The van der Waals surface area contributed by atoms with E-state index in [1.165, 1.54) is 21.7 Å². The third-order valence-corrected chi connectivity index (χ3v) is 11.2. The molecule has 3 aliphatic rings. The largest absolute Gasteiger partial charge is 0.505 e. The first-order chi connectivity index (χ1) is 26.5. The Morgan fingerprint density at radius 2 is 1.87 bits per heavy atom. The number of phenolic OH excluding ortho intramolecular Hbond substituents is 1. The number of pyridine rings is 1. The molecule has 12 nitrogen and oxygen atoms in total. The molecule has 55 heavy (non-hydrogen) atoms. The number of aromatic hydroxyl groups is 1. The molecule has 7 heterocycles. The average Bonchev–Trinajstić information content (AvgIpc) is 3.75. The molecule has 0 spiro atoms. The number of aromatic nitrogens is 6. The molecule has 286 valence electrons. The average molecular weight is 758 g/mol. The van der Waals surface area contributed by atoms with Crippen LogP contribution >= 0.6 is 0 Å². The maximum absolute atomic E-state index is 17.7. The van der Waals surface area contributed by atoms with Crippen LogP contribution in [0.5, 0.6) is 11.8 Å². The predicted octanol–water partition coefficient (Wildman–Crippen LogP) is 6.25. The van der Waals surface area contributed by atoms with Crippen molar-refractivity contribution in [3.05, 3.63) is 70.9 Å². The van der Waals surface area contributed by atoms with Crippen LogP contribution in [0.2, 0.25) is 0 Å². The minimum atomic E-state index is -0.987. The Balaban J connectivity index is 1.28. The number of ether oxygens (including phenoxy) is 1. The van der Waals surface area contributed by atoms with Gasteiger partial charge in [0, 0.05) is 62.5 Å². The van der Waals surface area contributed by atoms with Crippen LogP contribution in [0.4, 0.5) is 23.4 Å². The Morgan fingerprint density at radius 1 is 1.04 bits per heavy atom. The number of carbonyl (C=O) groups excluding carboxylic acids is 1. The van der Waals surface area contributed by atoms with Crippen molar-refractivity contribution >= 4 is 38.9 Å². The molecule has 2 fully saturated rings. The summed E-state index contributed by atoms with van der Waals surface area (Å²) in [6, 6.07) is 6.77. The van der Waals surface area contributed by atoms with Crippen molar-refractivity contribution in [2.45, 2.75) is 64.5 Å². The summed E-state index contributed by atoms with van der Waals surface area (Å²) in [6.07, 6.45) is 2.75. The molecule has 16 heteroatoms. The Labute approximate surface area is 312 Å². The van der Waals surface area contributed by atoms with Gasteiger partial charge in [-0.3, -0.25) is 14.4 Å². The Hall–Kier alpha value is -5.51. The molecular weight excluding hydrogens is 718 g/mol. The van der Waals surface area contributed by atoms with Gasteiger partial charge in [0.25, 0.3) is 5.91 Å². The lowest BCUT2D eigenvalue weighted by Crippen LogP contribution is -2.55. The minimum absolute atomic E-state index is 0.0275. The number of alkyl halides is 1. The molecule has 9 rings (SSSR count). The smallest absolute Gasteiger partial charge is 0.320 e. The van der Waals surface area contributed by atoms with Crippen molar-refractivity contribution in [1.29, 1.82) is 0 Å². The number of hydrogen-bond donors (Lipinski definition) is 1. The normalized spacial score (nSPS) is 21.3. The summed E-state index contributed by atoms with van der Waals surface area (Å²) >= 11 is 0. The van der Waals surface area contributed by atoms with Crippen LogP contribution in [-0.4, -0.2) is 96.3 Å². The molecule has 2 saturated heterocycles. The number of anilines is 1. The summed E-state index contributed by atoms with van der Waals surface area (Å²) in [5, 5.41) is 20.2. The van der Waals surface area contributed by atoms with Gasteiger partial charge in [-0.25, -0.2) is 22.1 Å². The highest BCUT2D eigenvalue weighted by Gasteiger charge is 2.41. The maximum atomic E-state index is 17.7. The van der Waals surface area contributed by atoms with Crippen molar-refractivity contribution in [1.82, 2.24) is 39.2 Å². The molecule has 6 aromatic rings. The van der Waals surface area contributed by atoms with E-state index in [-0.39, 0.29) is 70.5 Å². The molecule has 1 N–H and O–H groups in total. The number of aryl methyl sites for hydroxylation is 2. The van der Waals surface area contributed by atoms with Gasteiger partial charge in [-0.15, -0.1) is 0 Å². The highest BCUT2D eigenvalue weighted by atomic mass is 19.1. The lowest BCUT2D eigenvalue weighted by atomic mass is 9.86. The Morgan fingerprint density at radius 3 is 2.65 bits per heavy atom. The zero-order valence-corrected chi connectivity index (χ0v) is 30.6. The molecule has 4 aromatic heterocycles. The van der Waals surface area contributed by atoms with Gasteiger partial charge in [0.05, 0.1) is 29.3 Å². The number of rotatable bonds is 6. The van der Waals surface area contributed by atoms with E-state index in [0.29, 0.717) is 54.9 Å². The Kier molecular flexibility index (Phi) is 8.55. The fourth-order valence-corrected chi connectivity index (χ4v) is 8.74. The van der Waals surface area contributed by atoms with E-state index in [9.17, 15) is 14.3 Å². The number of halogens is 4. The van der Waals surface area contributed by atoms with E-state index in [4.69, 9.17) is 14.7 Å². The van der Waals surface area contributed by atoms with Crippen molar-refractivity contribution in [3.8, 4) is 23.0 Å². The van der Waals surface area contributed by atoms with Gasteiger partial charge >= 0.3 is 6.01 Å². The number of carbonyl (C=O) groups is 1. The SMILES string of the molecule is CCc1c(F)ccc2c(F)c(O)cc(-c3c(F)c4nc(OC5[C@@H]6CCCN5C[C@H](F)C6)nc(N5CCCn6nc(C(=O)N(C)C)cc6C5)c4c4ccnn34)c12. The van der Waals surface area contributed by atoms with Crippen LogP contribution in [0.25, 0.3) is 38.4 Å². The van der Waals surface area contributed by atoms with Gasteiger partial charge in [-0.05, 0) is 68.0 Å². The van der Waals surface area contributed by atoms with E-state index in [1.807, 2.05) is 9.80 Å². The van der Waals surface area contributed by atoms with Gasteiger partial charge in [0.15, 0.2) is 29.3 Å². The number of hydrogen-bond acceptors (Lipinski definition) is 9. The van der Waals surface area contributed by atoms with E-state index in [1.54, 1.807) is 37.8 Å². The highest BCUT2D eigenvalue weighted by Crippen LogP contribution is 2.44. The van der Waals surface area contributed by atoms with Crippen molar-refractivity contribution in [3.63, 3.8) is 0 Å². The standard InChI is InChI=1S/C39H39F4N9O3/c1-4-23-26(41)9-8-24-30(23)25(17-29(53)32(24)42)35-33(43)34-31(28-10-11-44-52(28)35)36(46-39(45-34)55-38-20-7-5-12-50(38)18-21(40)15-20)49-13-6-14-51-22(19-49)16-27(47-51)37(54)48(2)3/h8-11,16-17,20-21,38,53H,4-7,12-15,18-19H2,1-3H3/t20-,21-,38?/m1/s1. The van der Waals surface area contributed by atoms with Crippen LogP contribution < -0.4 is 9.64 Å². The van der Waals surface area contributed by atoms with Crippen molar-refractivity contribution in [2.24, 2.45) is 5.92 Å². The molecular formula is C39H39F4N9O3. The topological polar surface area (TPSA) is 117 Å². The maximum Gasteiger partial charge on any atom is 0.320 e. The molecule has 0 saturated carbocycles. The molecule has 2 unspecified atom stereocenters. The monoisotopic (exact) mass is 757 g/mol. The van der Waals surface area contributed by atoms with Crippen LogP contribution in [0.3, 0.4) is 0 Å². The van der Waals surface area contributed by atoms with E-state index >= 15 is 13.2 Å². The molecule has 0 radical (unpaired) electrons. The third-order valence-electron chi connectivity index (χ3n) is 11.2. The molecule has 4 atom stereocenters. The van der Waals surface area contributed by atoms with Gasteiger partial charge in [0.2, 0.25) is 0 Å². The number of nitrogens with zero attached hydrogens (tertiary/aromatic N) is 9. The molecule has 2 aromatic carbocycles. The summed E-state index contributed by atoms with van der Waals surface area (Å²) < 4.78 is 72.9. The summed E-state index contributed by atoms with van der Waals surface area (Å²) in [6.45, 7) is 3.83. The first kappa shape index (κ1) is 35.2. The zero-order valence-electron chi connectivity index (χ0n) is 30.6. The highest BCUT2D eigenvalue weighted by molar-refractivity contribution is 6.07. The third kappa shape index (κ3) is 5.71. The van der Waals surface area contributed by atoms with E-state index in [2.05, 4.69) is 10.2 Å². The fraction of sp³-hybridized carbons (Fsp3) is 0.410. The van der Waals surface area contributed by atoms with Crippen LogP contribution in [0.15, 0.2) is 36.5 Å². The first-order valence-electron chi connectivity index (χ1n) is 18.6. The second-order valence-electron chi connectivity index (χ2n) is 14.9. The van der Waals surface area contributed by atoms with Gasteiger partial charge < -0.3 is 19.6 Å². The predicted molar refractivity (Wildman–Crippen MR) is 196 cm³/mol. The van der Waals surface area contributed by atoms with Gasteiger partial charge in [0.1, 0.15) is 29.0 Å². The number of phenols is 1. The van der Waals surface area contributed by atoms with Crippen LogP contribution in [-0.2, 0) is 19.5 Å². The molecule has 2 bridgehead atoms. The van der Waals surface area contributed by atoms with Crippen molar-refractivity contribution < 1.29 is 32.2 Å². The molecule has 0 aliphatic carbocycles. The van der Waals surface area contributed by atoms with Crippen LogP contribution in [0.1, 0.15) is 54.4 Å². The Bertz CT molecular complexity index is 2510. The lowest BCUT2D eigenvalue weighted by Gasteiger charge is -2.45. The molecule has 3 aliphatic heterocycles. The summed E-state index contributed by atoms with van der Waals surface area (Å²) in [7, 11) is 3.32. The lowest BCUT2D eigenvalue weighted by molar-refractivity contribution is -0.0989. The number of fused-ring (bicyclic) bond motifs is 7. The number of benzene rings is 2. The summed E-state index contributed by atoms with van der Waals surface area (Å²) in [5.74, 6) is -3.16. The molecule has 1 amide bonds. The first-order valence-corrected chi connectivity index (χ1v) is 18.6. The van der Waals surface area contributed by atoms with Gasteiger partial charge in [-0.2, -0.15) is 20.2 Å². The minimum Gasteiger partial charge on any atom is -0.505 e. The van der Waals surface area contributed by atoms with E-state index in [0.717, 1.165) is 30.7 Å². The zero-order chi connectivity index (χ0) is 38.3. The quantitative estimate of drug-likeness (QED) is 0.197. The van der Waals surface area contributed by atoms with Crippen LogP contribution in [0, 0.1) is 23.4 Å². The summed E-state index contributed by atoms with van der Waals surface area (Å²) in [4.78, 5) is 27.9. The fourth-order valence-electron chi connectivity index (χ4n) is 8.74.